The fourth-order valence-electron chi connectivity index (χ4n) is 3.28. The normalized spacial score (nSPS) is 14.6. The zero-order valence-electron chi connectivity index (χ0n) is 18.5. The molecule has 1 fully saturated rings. The zero-order valence-corrected chi connectivity index (χ0v) is 20.1. The van der Waals surface area contributed by atoms with Crippen LogP contribution in [0.15, 0.2) is 63.9 Å². The first-order valence-electron chi connectivity index (χ1n) is 10.6. The van der Waals surface area contributed by atoms with E-state index in [1.807, 2.05) is 6.92 Å². The van der Waals surface area contributed by atoms with Crippen LogP contribution in [0.4, 0.5) is 4.79 Å². The Labute approximate surface area is 210 Å². The van der Waals surface area contributed by atoms with Crippen molar-refractivity contribution < 1.29 is 33.4 Å². The number of carbonyl (C=O) groups is 3. The van der Waals surface area contributed by atoms with Crippen LogP contribution in [-0.4, -0.2) is 33.7 Å². The maximum absolute atomic E-state index is 12.9. The lowest BCUT2D eigenvalue weighted by atomic mass is 10.1. The third-order valence-corrected chi connectivity index (χ3v) is 6.09. The van der Waals surface area contributed by atoms with E-state index in [9.17, 15) is 14.4 Å². The number of carbonyl (C=O) groups excluding carboxylic acids is 2. The summed E-state index contributed by atoms with van der Waals surface area (Å²) in [6.07, 6.45) is 1.63. The van der Waals surface area contributed by atoms with Crippen LogP contribution < -0.4 is 9.47 Å². The molecule has 1 aliphatic rings. The van der Waals surface area contributed by atoms with Gasteiger partial charge in [0.15, 0.2) is 11.5 Å². The van der Waals surface area contributed by atoms with Crippen molar-refractivity contribution in [3.05, 3.63) is 87.2 Å². The van der Waals surface area contributed by atoms with Gasteiger partial charge in [0.25, 0.3) is 11.1 Å². The third kappa shape index (κ3) is 5.87. The molecular formula is C25H20ClNO7S. The second kappa shape index (κ2) is 10.7. The molecule has 10 heteroatoms. The molecule has 35 heavy (non-hydrogen) atoms. The lowest BCUT2D eigenvalue weighted by Gasteiger charge is -2.13. The Morgan fingerprint density at radius 1 is 1.09 bits per heavy atom. The predicted octanol–water partition coefficient (Wildman–Crippen LogP) is 5.85. The van der Waals surface area contributed by atoms with Crippen LogP contribution in [0.25, 0.3) is 6.08 Å². The van der Waals surface area contributed by atoms with Gasteiger partial charge in [-0.3, -0.25) is 14.5 Å². The van der Waals surface area contributed by atoms with E-state index in [-0.39, 0.29) is 30.1 Å². The summed E-state index contributed by atoms with van der Waals surface area (Å²) >= 11 is 6.78. The second-order valence-corrected chi connectivity index (χ2v) is 8.82. The fraction of sp³-hybridized carbons (Fsp3) is 0.160. The highest BCUT2D eigenvalue weighted by Gasteiger charge is 2.35. The molecule has 4 rings (SSSR count). The largest absolute Gasteiger partial charge is 0.490 e. The van der Waals surface area contributed by atoms with Crippen molar-refractivity contribution >= 4 is 46.6 Å². The van der Waals surface area contributed by atoms with E-state index in [2.05, 4.69) is 0 Å². The van der Waals surface area contributed by atoms with Crippen molar-refractivity contribution in [3.63, 3.8) is 0 Å². The molecular weight excluding hydrogens is 494 g/mol. The number of benzene rings is 2. The van der Waals surface area contributed by atoms with E-state index in [1.54, 1.807) is 48.5 Å². The molecule has 0 radical (unpaired) electrons. The first kappa shape index (κ1) is 24.4. The molecule has 3 aromatic rings. The Morgan fingerprint density at radius 2 is 1.86 bits per heavy atom. The lowest BCUT2D eigenvalue weighted by Crippen LogP contribution is -2.27. The molecule has 0 aliphatic carbocycles. The Kier molecular flexibility index (Phi) is 7.48. The number of halogens is 1. The van der Waals surface area contributed by atoms with E-state index in [1.165, 1.54) is 17.0 Å². The average molecular weight is 514 g/mol. The molecule has 1 N–H and O–H groups in total. The summed E-state index contributed by atoms with van der Waals surface area (Å²) in [5, 5.41) is 9.20. The van der Waals surface area contributed by atoms with Crippen molar-refractivity contribution in [3.8, 4) is 11.5 Å². The summed E-state index contributed by atoms with van der Waals surface area (Å²) in [4.78, 5) is 37.8. The molecule has 0 saturated carbocycles. The van der Waals surface area contributed by atoms with Gasteiger partial charge in [-0.25, -0.2) is 4.79 Å². The fourth-order valence-corrected chi connectivity index (χ4v) is 4.25. The molecule has 1 saturated heterocycles. The Balaban J connectivity index is 1.48. The van der Waals surface area contributed by atoms with Gasteiger partial charge in [0.1, 0.15) is 12.4 Å². The summed E-state index contributed by atoms with van der Waals surface area (Å²) in [7, 11) is 0. The summed E-state index contributed by atoms with van der Waals surface area (Å²) in [6.45, 7) is 2.37. The molecule has 0 bridgehead atoms. The number of carboxylic acids is 1. The number of ether oxygens (including phenoxy) is 2. The SMILES string of the molecule is CCOc1cc(C=C2SC(=O)N(Cc3ccc(Cl)cc3)C2=O)ccc1OCc1ccc(C(=O)O)o1. The van der Waals surface area contributed by atoms with Gasteiger partial charge in [0.05, 0.1) is 18.1 Å². The quantitative estimate of drug-likeness (QED) is 0.355. The summed E-state index contributed by atoms with van der Waals surface area (Å²) in [5.74, 6) is -0.495. The van der Waals surface area contributed by atoms with Gasteiger partial charge in [-0.1, -0.05) is 29.8 Å². The van der Waals surface area contributed by atoms with Gasteiger partial charge in [-0.15, -0.1) is 0 Å². The number of rotatable bonds is 9. The number of nitrogens with zero attached hydrogens (tertiary/aromatic N) is 1. The van der Waals surface area contributed by atoms with Crippen molar-refractivity contribution in [1.29, 1.82) is 0 Å². The van der Waals surface area contributed by atoms with E-state index < -0.39 is 5.97 Å². The topological polar surface area (TPSA) is 106 Å². The Morgan fingerprint density at radius 3 is 2.54 bits per heavy atom. The van der Waals surface area contributed by atoms with Crippen LogP contribution in [-0.2, 0) is 17.9 Å². The second-order valence-electron chi connectivity index (χ2n) is 7.39. The number of hydrogen-bond donors (Lipinski definition) is 1. The van der Waals surface area contributed by atoms with E-state index >= 15 is 0 Å². The van der Waals surface area contributed by atoms with Gasteiger partial charge in [0, 0.05) is 5.02 Å². The van der Waals surface area contributed by atoms with Crippen LogP contribution in [0.3, 0.4) is 0 Å². The molecule has 2 heterocycles. The van der Waals surface area contributed by atoms with Crippen molar-refractivity contribution in [1.82, 2.24) is 4.90 Å². The van der Waals surface area contributed by atoms with Gasteiger partial charge < -0.3 is 19.0 Å². The van der Waals surface area contributed by atoms with E-state index in [0.717, 1.165) is 17.3 Å². The molecule has 0 atom stereocenters. The monoisotopic (exact) mass is 513 g/mol. The van der Waals surface area contributed by atoms with Gasteiger partial charge >= 0.3 is 5.97 Å². The molecule has 1 aliphatic heterocycles. The smallest absolute Gasteiger partial charge is 0.371 e. The van der Waals surface area contributed by atoms with Crippen LogP contribution in [0, 0.1) is 0 Å². The minimum Gasteiger partial charge on any atom is -0.490 e. The number of imide groups is 1. The molecule has 0 unspecified atom stereocenters. The van der Waals surface area contributed by atoms with Crippen LogP contribution in [0.2, 0.25) is 5.02 Å². The number of amides is 2. The van der Waals surface area contributed by atoms with E-state index in [4.69, 9.17) is 30.6 Å². The molecule has 2 amide bonds. The van der Waals surface area contributed by atoms with Gasteiger partial charge in [-0.2, -0.15) is 0 Å². The number of aromatic carboxylic acids is 1. The summed E-state index contributed by atoms with van der Waals surface area (Å²) in [5.41, 5.74) is 1.45. The highest BCUT2D eigenvalue weighted by atomic mass is 35.5. The minimum atomic E-state index is -1.16. The first-order valence-corrected chi connectivity index (χ1v) is 11.7. The van der Waals surface area contributed by atoms with Gasteiger partial charge in [-0.05, 0) is 72.3 Å². The molecule has 180 valence electrons. The van der Waals surface area contributed by atoms with Crippen molar-refractivity contribution in [2.75, 3.05) is 6.61 Å². The highest BCUT2D eigenvalue weighted by molar-refractivity contribution is 8.18. The Hall–Kier alpha value is -3.69. The van der Waals surface area contributed by atoms with Crippen molar-refractivity contribution in [2.45, 2.75) is 20.1 Å². The third-order valence-electron chi connectivity index (χ3n) is 4.94. The van der Waals surface area contributed by atoms with Crippen molar-refractivity contribution in [2.24, 2.45) is 0 Å². The van der Waals surface area contributed by atoms with Crippen LogP contribution in [0.5, 0.6) is 11.5 Å². The summed E-state index contributed by atoms with van der Waals surface area (Å²) in [6, 6.07) is 15.0. The Bertz CT molecular complexity index is 1300. The average Bonchev–Trinajstić information content (AvgIpc) is 3.41. The highest BCUT2D eigenvalue weighted by Crippen LogP contribution is 2.35. The van der Waals surface area contributed by atoms with Gasteiger partial charge in [0.2, 0.25) is 5.76 Å². The standard InChI is InChI=1S/C25H20ClNO7S/c1-2-32-21-11-16(5-9-19(21)33-14-18-8-10-20(34-18)24(29)30)12-22-23(28)27(25(31)35-22)13-15-3-6-17(26)7-4-15/h3-12H,2,13-14H2,1H3,(H,29,30). The molecule has 2 aromatic carbocycles. The maximum Gasteiger partial charge on any atom is 0.371 e. The predicted molar refractivity (Wildman–Crippen MR) is 131 cm³/mol. The number of thioether (sulfide) groups is 1. The van der Waals surface area contributed by atoms with Crippen LogP contribution >= 0.6 is 23.4 Å². The van der Waals surface area contributed by atoms with E-state index in [0.29, 0.717) is 39.4 Å². The lowest BCUT2D eigenvalue weighted by molar-refractivity contribution is -0.123. The van der Waals surface area contributed by atoms with Crippen LogP contribution in [0.1, 0.15) is 34.4 Å². The number of carboxylic acid groups (broad SMARTS) is 1. The summed E-state index contributed by atoms with van der Waals surface area (Å²) < 4.78 is 16.6. The maximum atomic E-state index is 12.9. The number of furan rings is 1. The molecule has 0 spiro atoms. The molecule has 1 aromatic heterocycles. The first-order chi connectivity index (χ1) is 16.8. The minimum absolute atomic E-state index is 0.0102. The zero-order chi connectivity index (χ0) is 24.9. The molecule has 8 nitrogen and oxygen atoms in total. The number of hydrogen-bond acceptors (Lipinski definition) is 7.